The first-order valence-electron chi connectivity index (χ1n) is 10.0. The molecule has 2 aliphatic carbocycles. The molecule has 0 saturated carbocycles. The van der Waals surface area contributed by atoms with Crippen molar-refractivity contribution in [3.8, 4) is 0 Å². The summed E-state index contributed by atoms with van der Waals surface area (Å²) < 4.78 is 27.6. The molecule has 3 aromatic carbocycles. The molecule has 3 nitrogen and oxygen atoms in total. The highest BCUT2D eigenvalue weighted by Gasteiger charge is 2.37. The highest BCUT2D eigenvalue weighted by Crippen LogP contribution is 2.48. The molecule has 0 amide bonds. The summed E-state index contributed by atoms with van der Waals surface area (Å²) in [6.45, 7) is 0.403. The normalized spacial score (nSPS) is 18.6. The van der Waals surface area contributed by atoms with Gasteiger partial charge >= 0.3 is 0 Å². The molecule has 5 rings (SSSR count). The Morgan fingerprint density at radius 3 is 2.55 bits per heavy atom. The van der Waals surface area contributed by atoms with Crippen molar-refractivity contribution in [1.82, 2.24) is 0 Å². The maximum absolute atomic E-state index is 13.8. The van der Waals surface area contributed by atoms with Crippen LogP contribution in [0.1, 0.15) is 41.2 Å². The average molecular weight is 402 g/mol. The van der Waals surface area contributed by atoms with Crippen molar-refractivity contribution in [3.63, 3.8) is 0 Å². The van der Waals surface area contributed by atoms with E-state index in [1.54, 1.807) is 12.1 Å². The molecule has 0 radical (unpaired) electrons. The SMILES string of the molecule is NCc1ccc(S(=O)(=O)C2CC3=C(C=CCC3)c3ccc4ccccc4c32)cc1. The van der Waals surface area contributed by atoms with Gasteiger partial charge in [-0.05, 0) is 64.4 Å². The van der Waals surface area contributed by atoms with Gasteiger partial charge in [0.1, 0.15) is 0 Å². The molecule has 3 aromatic rings. The molecule has 2 N–H and O–H groups in total. The van der Waals surface area contributed by atoms with Crippen molar-refractivity contribution in [2.24, 2.45) is 5.73 Å². The van der Waals surface area contributed by atoms with E-state index < -0.39 is 15.1 Å². The quantitative estimate of drug-likeness (QED) is 0.646. The lowest BCUT2D eigenvalue weighted by molar-refractivity contribution is 0.578. The van der Waals surface area contributed by atoms with Crippen LogP contribution >= 0.6 is 0 Å². The van der Waals surface area contributed by atoms with Gasteiger partial charge in [-0.25, -0.2) is 8.42 Å². The highest BCUT2D eigenvalue weighted by atomic mass is 32.2. The molecule has 29 heavy (non-hydrogen) atoms. The van der Waals surface area contributed by atoms with Crippen LogP contribution in [0.5, 0.6) is 0 Å². The maximum Gasteiger partial charge on any atom is 0.185 e. The molecule has 0 saturated heterocycles. The van der Waals surface area contributed by atoms with Crippen molar-refractivity contribution in [2.75, 3.05) is 0 Å². The van der Waals surface area contributed by atoms with Crippen LogP contribution < -0.4 is 5.73 Å². The van der Waals surface area contributed by atoms with E-state index in [1.807, 2.05) is 30.3 Å². The van der Waals surface area contributed by atoms with E-state index in [0.29, 0.717) is 17.9 Å². The van der Waals surface area contributed by atoms with Crippen molar-refractivity contribution in [2.45, 2.75) is 36.0 Å². The summed E-state index contributed by atoms with van der Waals surface area (Å²) in [4.78, 5) is 0.369. The molecule has 0 spiro atoms. The van der Waals surface area contributed by atoms with Crippen LogP contribution in [0, 0.1) is 0 Å². The van der Waals surface area contributed by atoms with E-state index in [-0.39, 0.29) is 0 Å². The minimum Gasteiger partial charge on any atom is -0.326 e. The third-order valence-corrected chi connectivity index (χ3v) is 8.24. The molecule has 1 unspecified atom stereocenters. The number of fused-ring (bicyclic) bond motifs is 4. The van der Waals surface area contributed by atoms with Gasteiger partial charge in [0.2, 0.25) is 0 Å². The smallest absolute Gasteiger partial charge is 0.185 e. The molecule has 2 aliphatic rings. The molecule has 0 heterocycles. The number of benzene rings is 3. The summed E-state index contributed by atoms with van der Waals surface area (Å²) in [7, 11) is -3.54. The Morgan fingerprint density at radius 2 is 1.76 bits per heavy atom. The molecule has 0 aliphatic heterocycles. The van der Waals surface area contributed by atoms with Gasteiger partial charge in [-0.2, -0.15) is 0 Å². The summed E-state index contributed by atoms with van der Waals surface area (Å²) in [6.07, 6.45) is 6.82. The van der Waals surface area contributed by atoms with Crippen LogP contribution in [-0.4, -0.2) is 8.42 Å². The third-order valence-electron chi connectivity index (χ3n) is 6.15. The number of nitrogens with two attached hydrogens (primary N) is 1. The van der Waals surface area contributed by atoms with Crippen molar-refractivity contribution >= 4 is 26.2 Å². The van der Waals surface area contributed by atoms with E-state index in [2.05, 4.69) is 30.4 Å². The second-order valence-electron chi connectivity index (χ2n) is 7.79. The van der Waals surface area contributed by atoms with Gasteiger partial charge in [0, 0.05) is 6.54 Å². The highest BCUT2D eigenvalue weighted by molar-refractivity contribution is 7.91. The number of hydrogen-bond acceptors (Lipinski definition) is 3. The Labute approximate surface area is 171 Å². The van der Waals surface area contributed by atoms with Gasteiger partial charge in [0.05, 0.1) is 10.1 Å². The van der Waals surface area contributed by atoms with E-state index in [0.717, 1.165) is 40.3 Å². The van der Waals surface area contributed by atoms with Gasteiger partial charge < -0.3 is 5.73 Å². The fraction of sp³-hybridized carbons (Fsp3) is 0.200. The zero-order valence-corrected chi connectivity index (χ0v) is 17.0. The number of rotatable bonds is 3. The van der Waals surface area contributed by atoms with Crippen LogP contribution in [0.3, 0.4) is 0 Å². The fourth-order valence-corrected chi connectivity index (χ4v) is 6.48. The standard InChI is InChI=1S/C25H23NO2S/c26-16-17-9-12-20(13-10-17)29(27,28)24-15-19-6-2-3-7-21(19)23-14-11-18-5-1-4-8-22(18)25(23)24/h1,3-5,7-14,24H,2,6,15-16,26H2. The summed E-state index contributed by atoms with van der Waals surface area (Å²) in [6, 6.07) is 19.3. The largest absolute Gasteiger partial charge is 0.326 e. The topological polar surface area (TPSA) is 60.2 Å². The minimum absolute atomic E-state index is 0.369. The summed E-state index contributed by atoms with van der Waals surface area (Å²) in [5.41, 5.74) is 11.1. The van der Waals surface area contributed by atoms with Crippen molar-refractivity contribution in [3.05, 3.63) is 95.1 Å². The second-order valence-corrected chi connectivity index (χ2v) is 9.92. The molecular weight excluding hydrogens is 378 g/mol. The lowest BCUT2D eigenvalue weighted by atomic mass is 9.79. The maximum atomic E-state index is 13.8. The summed E-state index contributed by atoms with van der Waals surface area (Å²) >= 11 is 0. The zero-order chi connectivity index (χ0) is 20.0. The lowest BCUT2D eigenvalue weighted by Gasteiger charge is -2.31. The first-order chi connectivity index (χ1) is 14.1. The van der Waals surface area contributed by atoms with Crippen molar-refractivity contribution in [1.29, 1.82) is 0 Å². The van der Waals surface area contributed by atoms with Crippen LogP contribution in [-0.2, 0) is 16.4 Å². The number of hydrogen-bond donors (Lipinski definition) is 1. The molecule has 0 aromatic heterocycles. The Bertz CT molecular complexity index is 1270. The minimum atomic E-state index is -3.54. The van der Waals surface area contributed by atoms with Crippen LogP contribution in [0.4, 0.5) is 0 Å². The Balaban J connectivity index is 1.75. The Hall–Kier alpha value is -2.69. The van der Waals surface area contributed by atoms with Crippen LogP contribution in [0.15, 0.2) is 83.3 Å². The number of allylic oxidation sites excluding steroid dienone is 4. The molecule has 0 bridgehead atoms. The molecule has 146 valence electrons. The monoisotopic (exact) mass is 401 g/mol. The lowest BCUT2D eigenvalue weighted by Crippen LogP contribution is -2.21. The fourth-order valence-electron chi connectivity index (χ4n) is 4.65. The van der Waals surface area contributed by atoms with E-state index >= 15 is 0 Å². The third kappa shape index (κ3) is 2.95. The van der Waals surface area contributed by atoms with Gasteiger partial charge in [-0.3, -0.25) is 0 Å². The molecule has 1 atom stereocenters. The van der Waals surface area contributed by atoms with Crippen LogP contribution in [0.25, 0.3) is 16.3 Å². The first kappa shape index (κ1) is 18.3. The molecular formula is C25H23NO2S. The van der Waals surface area contributed by atoms with Crippen LogP contribution in [0.2, 0.25) is 0 Å². The predicted molar refractivity (Wildman–Crippen MR) is 118 cm³/mol. The van der Waals surface area contributed by atoms with Gasteiger partial charge in [0.25, 0.3) is 0 Å². The Kier molecular flexibility index (Phi) is 4.41. The van der Waals surface area contributed by atoms with Gasteiger partial charge in [0.15, 0.2) is 9.84 Å². The predicted octanol–water partition coefficient (Wildman–Crippen LogP) is 5.32. The molecule has 4 heteroatoms. The zero-order valence-electron chi connectivity index (χ0n) is 16.1. The average Bonchev–Trinajstić information content (AvgIpc) is 2.78. The molecule has 0 fully saturated rings. The van der Waals surface area contributed by atoms with Gasteiger partial charge in [-0.1, -0.05) is 66.3 Å². The van der Waals surface area contributed by atoms with E-state index in [9.17, 15) is 8.42 Å². The van der Waals surface area contributed by atoms with Gasteiger partial charge in [-0.15, -0.1) is 0 Å². The van der Waals surface area contributed by atoms with E-state index in [4.69, 9.17) is 5.73 Å². The second kappa shape index (κ2) is 6.97. The summed E-state index contributed by atoms with van der Waals surface area (Å²) in [5, 5.41) is 1.54. The van der Waals surface area contributed by atoms with Crippen molar-refractivity contribution < 1.29 is 8.42 Å². The first-order valence-corrected chi connectivity index (χ1v) is 11.6. The number of sulfone groups is 1. The van der Waals surface area contributed by atoms with E-state index in [1.165, 1.54) is 11.1 Å². The Morgan fingerprint density at radius 1 is 0.966 bits per heavy atom. The summed E-state index contributed by atoms with van der Waals surface area (Å²) in [5.74, 6) is 0.